The molecule has 0 aliphatic heterocycles. The molecule has 0 fully saturated rings. The van der Waals surface area contributed by atoms with Crippen molar-refractivity contribution < 1.29 is 17.6 Å². The highest BCUT2D eigenvalue weighted by molar-refractivity contribution is 7.89. The normalized spacial score (nSPS) is 13.9. The minimum absolute atomic E-state index is 0.0801. The van der Waals surface area contributed by atoms with E-state index in [1.165, 1.54) is 36.6 Å². The quantitative estimate of drug-likeness (QED) is 0.414. The number of hydrogen-bond acceptors (Lipinski definition) is 8. The zero-order chi connectivity index (χ0) is 22.2. The number of methoxy groups -OCH3 is 1. The molecule has 31 heavy (non-hydrogen) atoms. The predicted molar refractivity (Wildman–Crippen MR) is 116 cm³/mol. The SMILES string of the molecule is COc1cc(Cl)ccc1S(=O)(=O)NC(c1n[nH]c(=O)o1)C(C)c1cccc2scnc12. The summed E-state index contributed by atoms with van der Waals surface area (Å²) in [5.74, 6) is -1.29. The van der Waals surface area contributed by atoms with Gasteiger partial charge >= 0.3 is 5.76 Å². The van der Waals surface area contributed by atoms with Gasteiger partial charge < -0.3 is 9.15 Å². The third-order valence-electron chi connectivity index (χ3n) is 4.80. The molecule has 0 amide bonds. The van der Waals surface area contributed by atoms with Gasteiger partial charge in [-0.25, -0.2) is 23.3 Å². The van der Waals surface area contributed by atoms with Gasteiger partial charge in [0, 0.05) is 17.0 Å². The molecule has 162 valence electrons. The molecule has 2 N–H and O–H groups in total. The minimum Gasteiger partial charge on any atom is -0.495 e. The Morgan fingerprint density at radius 3 is 2.81 bits per heavy atom. The van der Waals surface area contributed by atoms with Crippen molar-refractivity contribution in [1.29, 1.82) is 0 Å². The highest BCUT2D eigenvalue weighted by Crippen LogP contribution is 2.36. The van der Waals surface area contributed by atoms with E-state index in [2.05, 4.69) is 19.9 Å². The van der Waals surface area contributed by atoms with Gasteiger partial charge in [-0.2, -0.15) is 4.72 Å². The number of benzene rings is 2. The highest BCUT2D eigenvalue weighted by atomic mass is 35.5. The zero-order valence-electron chi connectivity index (χ0n) is 16.3. The maximum atomic E-state index is 13.3. The number of sulfonamides is 1. The highest BCUT2D eigenvalue weighted by Gasteiger charge is 2.33. The number of H-pyrrole nitrogens is 1. The van der Waals surface area contributed by atoms with E-state index >= 15 is 0 Å². The molecule has 4 aromatic rings. The molecule has 0 bridgehead atoms. The van der Waals surface area contributed by atoms with Gasteiger partial charge in [-0.15, -0.1) is 16.4 Å². The molecular weight excluding hydrogens is 464 g/mol. The number of halogens is 1. The number of rotatable bonds is 7. The summed E-state index contributed by atoms with van der Waals surface area (Å²) in [6.45, 7) is 1.80. The van der Waals surface area contributed by atoms with E-state index in [0.717, 1.165) is 15.8 Å². The molecule has 0 spiro atoms. The first-order valence-electron chi connectivity index (χ1n) is 9.03. The average Bonchev–Trinajstić information content (AvgIpc) is 3.39. The number of aromatic amines is 1. The molecule has 2 atom stereocenters. The molecule has 9 nitrogen and oxygen atoms in total. The Morgan fingerprint density at radius 1 is 1.29 bits per heavy atom. The molecular formula is C19H17ClN4O5S2. The zero-order valence-corrected chi connectivity index (χ0v) is 18.7. The van der Waals surface area contributed by atoms with Crippen LogP contribution in [0, 0.1) is 0 Å². The number of aromatic nitrogens is 3. The molecule has 0 radical (unpaired) electrons. The van der Waals surface area contributed by atoms with Crippen LogP contribution in [0.25, 0.3) is 10.2 Å². The second kappa shape index (κ2) is 8.42. The lowest BCUT2D eigenvalue weighted by atomic mass is 9.93. The molecule has 2 aromatic carbocycles. The number of thiazole rings is 1. The van der Waals surface area contributed by atoms with E-state index in [-0.39, 0.29) is 16.5 Å². The monoisotopic (exact) mass is 480 g/mol. The van der Waals surface area contributed by atoms with Crippen molar-refractivity contribution in [2.75, 3.05) is 7.11 Å². The van der Waals surface area contributed by atoms with Crippen LogP contribution in [0.15, 0.2) is 56.0 Å². The summed E-state index contributed by atoms with van der Waals surface area (Å²) in [6.07, 6.45) is 0. The molecule has 12 heteroatoms. The van der Waals surface area contributed by atoms with Gasteiger partial charge in [-0.05, 0) is 23.8 Å². The van der Waals surface area contributed by atoms with Crippen LogP contribution < -0.4 is 15.2 Å². The van der Waals surface area contributed by atoms with Crippen molar-refractivity contribution in [2.45, 2.75) is 23.8 Å². The lowest BCUT2D eigenvalue weighted by Gasteiger charge is -2.23. The number of ether oxygens (including phenoxy) is 1. The first-order chi connectivity index (χ1) is 14.8. The minimum atomic E-state index is -4.12. The lowest BCUT2D eigenvalue weighted by molar-refractivity contribution is 0.379. The van der Waals surface area contributed by atoms with Gasteiger partial charge in [0.2, 0.25) is 15.9 Å². The average molecular weight is 481 g/mol. The summed E-state index contributed by atoms with van der Waals surface area (Å²) < 4.78 is 40.4. The van der Waals surface area contributed by atoms with Gasteiger partial charge in [0.15, 0.2) is 0 Å². The maximum Gasteiger partial charge on any atom is 0.434 e. The predicted octanol–water partition coefficient (Wildman–Crippen LogP) is 3.46. The van der Waals surface area contributed by atoms with Crippen molar-refractivity contribution >= 4 is 43.2 Å². The molecule has 0 saturated carbocycles. The van der Waals surface area contributed by atoms with E-state index in [9.17, 15) is 13.2 Å². The Kier molecular flexibility index (Phi) is 5.84. The van der Waals surface area contributed by atoms with Crippen LogP contribution in [0.5, 0.6) is 5.75 Å². The van der Waals surface area contributed by atoms with E-state index in [0.29, 0.717) is 5.02 Å². The molecule has 0 aliphatic carbocycles. The largest absolute Gasteiger partial charge is 0.495 e. The number of fused-ring (bicyclic) bond motifs is 1. The summed E-state index contributed by atoms with van der Waals surface area (Å²) in [5.41, 5.74) is 3.24. The number of hydrogen-bond donors (Lipinski definition) is 2. The summed E-state index contributed by atoms with van der Waals surface area (Å²) in [5, 5.41) is 6.37. The van der Waals surface area contributed by atoms with Crippen molar-refractivity contribution in [2.24, 2.45) is 0 Å². The smallest absolute Gasteiger partial charge is 0.434 e. The topological polar surface area (TPSA) is 127 Å². The van der Waals surface area contributed by atoms with Crippen molar-refractivity contribution in [3.8, 4) is 5.75 Å². The summed E-state index contributed by atoms with van der Waals surface area (Å²) >= 11 is 7.43. The Labute approximate surface area is 186 Å². The van der Waals surface area contributed by atoms with Crippen LogP contribution in [0.3, 0.4) is 0 Å². The van der Waals surface area contributed by atoms with Crippen LogP contribution in [0.4, 0.5) is 0 Å². The fourth-order valence-corrected chi connectivity index (χ4v) is 5.58. The fourth-order valence-electron chi connectivity index (χ4n) is 3.29. The lowest BCUT2D eigenvalue weighted by Crippen LogP contribution is -2.32. The molecule has 2 aromatic heterocycles. The summed E-state index contributed by atoms with van der Waals surface area (Å²) in [4.78, 5) is 15.9. The molecule has 4 rings (SSSR count). The molecule has 0 aliphatic rings. The Balaban J connectivity index is 1.79. The van der Waals surface area contributed by atoms with Crippen LogP contribution >= 0.6 is 22.9 Å². The van der Waals surface area contributed by atoms with Gasteiger partial charge in [0.05, 0.1) is 22.8 Å². The number of nitrogens with one attached hydrogen (secondary N) is 2. The van der Waals surface area contributed by atoms with E-state index in [1.54, 1.807) is 12.4 Å². The van der Waals surface area contributed by atoms with Gasteiger partial charge in [-0.1, -0.05) is 30.7 Å². The van der Waals surface area contributed by atoms with E-state index < -0.39 is 27.7 Å². The third kappa shape index (κ3) is 4.22. The fraction of sp³-hybridized carbons (Fsp3) is 0.211. The second-order valence-corrected chi connectivity index (χ2v) is 9.69. The summed E-state index contributed by atoms with van der Waals surface area (Å²) in [6, 6.07) is 8.82. The first kappa shape index (κ1) is 21.5. The van der Waals surface area contributed by atoms with Crippen molar-refractivity contribution in [3.63, 3.8) is 0 Å². The Morgan fingerprint density at radius 2 is 2.10 bits per heavy atom. The maximum absolute atomic E-state index is 13.3. The number of nitrogens with zero attached hydrogens (tertiary/aromatic N) is 2. The molecule has 2 unspecified atom stereocenters. The van der Waals surface area contributed by atoms with Crippen LogP contribution in [-0.4, -0.2) is 30.7 Å². The van der Waals surface area contributed by atoms with Crippen LogP contribution in [0.2, 0.25) is 5.02 Å². The second-order valence-electron chi connectivity index (χ2n) is 6.68. The Hall–Kier alpha value is -2.73. The van der Waals surface area contributed by atoms with E-state index in [4.69, 9.17) is 20.8 Å². The third-order valence-corrected chi connectivity index (χ3v) is 7.31. The van der Waals surface area contributed by atoms with Crippen molar-refractivity contribution in [3.05, 3.63) is 68.9 Å². The number of para-hydroxylation sites is 1. The van der Waals surface area contributed by atoms with Gasteiger partial charge in [0.1, 0.15) is 16.7 Å². The Bertz CT molecular complexity index is 1400. The van der Waals surface area contributed by atoms with Crippen LogP contribution in [-0.2, 0) is 10.0 Å². The first-order valence-corrected chi connectivity index (χ1v) is 11.8. The standard InChI is InChI=1S/C19H17ClN4O5S2/c1-10(12-4-3-5-14-17(12)21-9-30-14)16(18-22-23-19(25)29-18)24-31(26,27)15-7-6-11(20)8-13(15)28-2/h3-10,16,24H,1-2H3,(H,23,25). The van der Waals surface area contributed by atoms with Crippen LogP contribution in [0.1, 0.15) is 30.3 Å². The molecule has 0 saturated heterocycles. The summed E-state index contributed by atoms with van der Waals surface area (Å²) in [7, 11) is -2.77. The van der Waals surface area contributed by atoms with Gasteiger partial charge in [0.25, 0.3) is 0 Å². The van der Waals surface area contributed by atoms with Crippen molar-refractivity contribution in [1.82, 2.24) is 19.9 Å². The molecule has 2 heterocycles. The van der Waals surface area contributed by atoms with E-state index in [1.807, 2.05) is 18.2 Å². The van der Waals surface area contributed by atoms with Gasteiger partial charge in [-0.3, -0.25) is 0 Å².